The Labute approximate surface area is 241 Å². The van der Waals surface area contributed by atoms with E-state index in [1.54, 1.807) is 21.6 Å². The highest BCUT2D eigenvalue weighted by molar-refractivity contribution is 8.26. The smallest absolute Gasteiger partial charge is 0.267 e. The summed E-state index contributed by atoms with van der Waals surface area (Å²) >= 11 is 13.0. The molecule has 0 unspecified atom stereocenters. The van der Waals surface area contributed by atoms with Crippen LogP contribution in [0.15, 0.2) is 52.3 Å². The average Bonchev–Trinajstić information content (AvgIpc) is 3.54. The first-order chi connectivity index (χ1) is 18.9. The summed E-state index contributed by atoms with van der Waals surface area (Å²) in [5, 5.41) is 0.702. The predicted molar refractivity (Wildman–Crippen MR) is 161 cm³/mol. The highest BCUT2D eigenvalue weighted by atomic mass is 35.5. The lowest BCUT2D eigenvalue weighted by molar-refractivity contribution is -0.123. The number of aryl methyl sites for hydroxylation is 1. The summed E-state index contributed by atoms with van der Waals surface area (Å²) in [6.45, 7) is 5.92. The lowest BCUT2D eigenvalue weighted by Crippen LogP contribution is -2.47. The van der Waals surface area contributed by atoms with Crippen LogP contribution in [0.1, 0.15) is 24.0 Å². The third kappa shape index (κ3) is 5.30. The number of rotatable bonds is 5. The van der Waals surface area contributed by atoms with Crippen LogP contribution in [0, 0.1) is 6.92 Å². The second kappa shape index (κ2) is 10.9. The van der Waals surface area contributed by atoms with E-state index in [4.69, 9.17) is 33.5 Å². The van der Waals surface area contributed by atoms with Crippen LogP contribution in [-0.2, 0) is 9.53 Å². The van der Waals surface area contributed by atoms with Crippen molar-refractivity contribution in [2.45, 2.75) is 25.9 Å². The number of thiocarbonyl (C=S) groups is 1. The van der Waals surface area contributed by atoms with Crippen LogP contribution in [0.3, 0.4) is 0 Å². The number of hydrogen-bond donors (Lipinski definition) is 0. The van der Waals surface area contributed by atoms with Crippen LogP contribution in [0.4, 0.5) is 11.5 Å². The molecular formula is C28H28ClN5O3S2. The molecule has 0 radical (unpaired) electrons. The molecule has 0 N–H and O–H groups in total. The highest BCUT2D eigenvalue weighted by Gasteiger charge is 2.35. The number of pyridine rings is 1. The Bertz CT molecular complexity index is 1540. The molecule has 3 fully saturated rings. The summed E-state index contributed by atoms with van der Waals surface area (Å²) in [6, 6.07) is 11.6. The van der Waals surface area contributed by atoms with Crippen molar-refractivity contribution in [2.24, 2.45) is 0 Å². The fourth-order valence-electron chi connectivity index (χ4n) is 5.24. The number of benzene rings is 1. The molecule has 1 aromatic carbocycles. The molecule has 3 aromatic rings. The molecule has 8 nitrogen and oxygen atoms in total. The van der Waals surface area contributed by atoms with Crippen molar-refractivity contribution < 1.29 is 9.53 Å². The van der Waals surface area contributed by atoms with Crippen LogP contribution in [0.2, 0.25) is 5.02 Å². The lowest BCUT2D eigenvalue weighted by Gasteiger charge is -2.37. The molecule has 11 heteroatoms. The maximum Gasteiger partial charge on any atom is 0.267 e. The molecule has 0 spiro atoms. The summed E-state index contributed by atoms with van der Waals surface area (Å²) in [5.74, 6) is 0.393. The molecule has 0 bridgehead atoms. The fourth-order valence-corrected chi connectivity index (χ4v) is 6.69. The Balaban J connectivity index is 1.34. The molecule has 0 aliphatic carbocycles. The SMILES string of the molecule is Cc1ccc2nc(N3CCN(c4cccc(Cl)c4)CC3)c(/C=C3\SC(=S)N(C[C@@H]4CCCO4)C3=O)c(=O)n2c1. The van der Waals surface area contributed by atoms with E-state index in [1.807, 2.05) is 37.3 Å². The first-order valence-corrected chi connectivity index (χ1v) is 14.6. The van der Waals surface area contributed by atoms with Gasteiger partial charge in [-0.05, 0) is 55.7 Å². The van der Waals surface area contributed by atoms with Crippen LogP contribution in [0.25, 0.3) is 11.7 Å². The molecular weight excluding hydrogens is 554 g/mol. The zero-order valence-electron chi connectivity index (χ0n) is 21.5. The number of nitrogens with zero attached hydrogens (tertiary/aromatic N) is 5. The van der Waals surface area contributed by atoms with Gasteiger partial charge in [0.1, 0.15) is 15.8 Å². The highest BCUT2D eigenvalue weighted by Crippen LogP contribution is 2.34. The molecule has 3 aliphatic rings. The van der Waals surface area contributed by atoms with E-state index in [1.165, 1.54) is 11.8 Å². The molecule has 1 atom stereocenters. The number of thioether (sulfide) groups is 1. The third-order valence-corrected chi connectivity index (χ3v) is 8.91. The van der Waals surface area contributed by atoms with Crippen molar-refractivity contribution in [3.05, 3.63) is 74.0 Å². The van der Waals surface area contributed by atoms with Crippen molar-refractivity contribution in [2.75, 3.05) is 49.1 Å². The van der Waals surface area contributed by atoms with E-state index in [2.05, 4.69) is 15.9 Å². The van der Waals surface area contributed by atoms with Gasteiger partial charge in [-0.1, -0.05) is 47.7 Å². The Morgan fingerprint density at radius 1 is 1.15 bits per heavy atom. The van der Waals surface area contributed by atoms with E-state index >= 15 is 0 Å². The van der Waals surface area contributed by atoms with Crippen molar-refractivity contribution in [1.82, 2.24) is 14.3 Å². The Hall–Kier alpha value is -2.92. The summed E-state index contributed by atoms with van der Waals surface area (Å²) in [7, 11) is 0. The van der Waals surface area contributed by atoms with Gasteiger partial charge in [0, 0.05) is 49.7 Å². The number of anilines is 2. The van der Waals surface area contributed by atoms with Crippen molar-refractivity contribution in [1.29, 1.82) is 0 Å². The van der Waals surface area contributed by atoms with Gasteiger partial charge in [0.2, 0.25) is 0 Å². The van der Waals surface area contributed by atoms with Gasteiger partial charge in [0.05, 0.1) is 23.1 Å². The molecule has 5 heterocycles. The number of amides is 1. The van der Waals surface area contributed by atoms with E-state index in [0.29, 0.717) is 57.5 Å². The van der Waals surface area contributed by atoms with Gasteiger partial charge >= 0.3 is 0 Å². The minimum Gasteiger partial charge on any atom is -0.376 e. The largest absolute Gasteiger partial charge is 0.376 e. The van der Waals surface area contributed by atoms with Crippen LogP contribution in [-0.4, -0.2) is 69.9 Å². The maximum absolute atomic E-state index is 13.8. The number of ether oxygens (including phenoxy) is 1. The second-order valence-corrected chi connectivity index (χ2v) is 12.1. The minimum absolute atomic E-state index is 0.00543. The molecule has 6 rings (SSSR count). The average molecular weight is 582 g/mol. The maximum atomic E-state index is 13.8. The van der Waals surface area contributed by atoms with E-state index < -0.39 is 0 Å². The zero-order valence-corrected chi connectivity index (χ0v) is 23.9. The number of piperazine rings is 1. The number of halogens is 1. The van der Waals surface area contributed by atoms with Gasteiger partial charge in [0.25, 0.3) is 11.5 Å². The summed E-state index contributed by atoms with van der Waals surface area (Å²) in [4.78, 5) is 38.6. The monoisotopic (exact) mass is 581 g/mol. The molecule has 3 aliphatic heterocycles. The topological polar surface area (TPSA) is 70.4 Å². The van der Waals surface area contributed by atoms with Crippen molar-refractivity contribution >= 4 is 69.0 Å². The summed E-state index contributed by atoms with van der Waals surface area (Å²) in [5.41, 5.74) is 2.77. The van der Waals surface area contributed by atoms with Crippen LogP contribution in [0.5, 0.6) is 0 Å². The molecule has 3 saturated heterocycles. The molecule has 0 saturated carbocycles. The predicted octanol–water partition coefficient (Wildman–Crippen LogP) is 4.36. The van der Waals surface area contributed by atoms with Crippen LogP contribution < -0.4 is 15.4 Å². The van der Waals surface area contributed by atoms with Gasteiger partial charge < -0.3 is 14.5 Å². The van der Waals surface area contributed by atoms with Gasteiger partial charge in [0.15, 0.2) is 0 Å². The van der Waals surface area contributed by atoms with E-state index in [0.717, 1.165) is 37.2 Å². The fraction of sp³-hybridized carbons (Fsp3) is 0.357. The molecule has 2 aromatic heterocycles. The van der Waals surface area contributed by atoms with Gasteiger partial charge in [-0.25, -0.2) is 4.98 Å². The number of hydrogen-bond acceptors (Lipinski definition) is 8. The summed E-state index contributed by atoms with van der Waals surface area (Å²) in [6.07, 6.45) is 5.36. The number of carbonyl (C=O) groups is 1. The van der Waals surface area contributed by atoms with E-state index in [-0.39, 0.29) is 17.6 Å². The standard InChI is InChI=1S/C28H28ClN5O3S2/c1-18-7-8-24-30-25(32-11-9-31(10-12-32)20-5-2-4-19(29)14-20)22(26(35)33(24)16-18)15-23-27(36)34(28(38)39-23)17-21-6-3-13-37-21/h2,4-5,7-8,14-16,21H,3,6,9-13,17H2,1H3/b23-15-/t21-/m0/s1. The quantitative estimate of drug-likeness (QED) is 0.325. The van der Waals surface area contributed by atoms with Gasteiger partial charge in [-0.3, -0.25) is 18.9 Å². The first-order valence-electron chi connectivity index (χ1n) is 13.0. The number of aromatic nitrogens is 2. The lowest BCUT2D eigenvalue weighted by atomic mass is 10.2. The van der Waals surface area contributed by atoms with Crippen LogP contribution >= 0.6 is 35.6 Å². The molecule has 39 heavy (non-hydrogen) atoms. The Kier molecular flexibility index (Phi) is 7.37. The second-order valence-electron chi connectivity index (χ2n) is 9.97. The Morgan fingerprint density at radius 2 is 1.95 bits per heavy atom. The number of carbonyl (C=O) groups excluding carboxylic acids is 1. The summed E-state index contributed by atoms with van der Waals surface area (Å²) < 4.78 is 7.77. The molecule has 202 valence electrons. The number of fused-ring (bicyclic) bond motifs is 1. The van der Waals surface area contributed by atoms with Gasteiger partial charge in [-0.15, -0.1) is 0 Å². The third-order valence-electron chi connectivity index (χ3n) is 7.30. The van der Waals surface area contributed by atoms with Crippen molar-refractivity contribution in [3.63, 3.8) is 0 Å². The molecule has 1 amide bonds. The zero-order chi connectivity index (χ0) is 27.1. The normalized spacial score (nSPS) is 21.1. The van der Waals surface area contributed by atoms with Gasteiger partial charge in [-0.2, -0.15) is 0 Å². The van der Waals surface area contributed by atoms with Crippen molar-refractivity contribution in [3.8, 4) is 0 Å². The minimum atomic E-state index is -0.208. The Morgan fingerprint density at radius 3 is 2.69 bits per heavy atom. The first kappa shape index (κ1) is 26.3. The van der Waals surface area contributed by atoms with E-state index in [9.17, 15) is 9.59 Å².